The van der Waals surface area contributed by atoms with E-state index in [-0.39, 0.29) is 24.5 Å². The lowest BCUT2D eigenvalue weighted by atomic mass is 10.1. The van der Waals surface area contributed by atoms with E-state index in [1.54, 1.807) is 0 Å². The molecule has 1 aliphatic rings. The number of para-hydroxylation sites is 1. The molecular weight excluding hydrogens is 463 g/mol. The maximum Gasteiger partial charge on any atom is 0.309 e. The number of benzene rings is 2. The van der Waals surface area contributed by atoms with Crippen molar-refractivity contribution in [3.63, 3.8) is 0 Å². The molecular formula is C23H25FN4O5S. The average Bonchev–Trinajstić information content (AvgIpc) is 3.26. The Morgan fingerprint density at radius 2 is 1.82 bits per heavy atom. The quantitative estimate of drug-likeness (QED) is 0.436. The van der Waals surface area contributed by atoms with E-state index in [0.717, 1.165) is 32.9 Å². The number of hydrogen-bond acceptors (Lipinski definition) is 5. The lowest BCUT2D eigenvalue weighted by Crippen LogP contribution is -2.53. The number of carbonyl (C=O) groups excluding carboxylic acids is 2. The van der Waals surface area contributed by atoms with E-state index in [0.29, 0.717) is 19.4 Å². The van der Waals surface area contributed by atoms with Crippen molar-refractivity contribution in [2.75, 3.05) is 26.2 Å². The number of nitrogens with zero attached hydrogens (tertiary/aromatic N) is 1. The first-order valence-corrected chi connectivity index (χ1v) is 12.3. The molecule has 0 spiro atoms. The SMILES string of the molecule is O=C(NCCc1c[nH]c2ccccc12)C(=O)NC[C@@H]1OCCCN1S(=O)(=O)c1ccc(F)cc1. The molecule has 11 heteroatoms. The lowest BCUT2D eigenvalue weighted by molar-refractivity contribution is -0.140. The topological polar surface area (TPSA) is 121 Å². The van der Waals surface area contributed by atoms with Crippen molar-refractivity contribution in [2.24, 2.45) is 0 Å². The van der Waals surface area contributed by atoms with Crippen LogP contribution in [0.15, 0.2) is 59.6 Å². The largest absolute Gasteiger partial charge is 0.361 e. The highest BCUT2D eigenvalue weighted by molar-refractivity contribution is 7.89. The maximum absolute atomic E-state index is 13.2. The third kappa shape index (κ3) is 5.27. The van der Waals surface area contributed by atoms with Crippen molar-refractivity contribution in [1.29, 1.82) is 0 Å². The van der Waals surface area contributed by atoms with Gasteiger partial charge in [-0.1, -0.05) is 18.2 Å². The highest BCUT2D eigenvalue weighted by Crippen LogP contribution is 2.22. The molecule has 34 heavy (non-hydrogen) atoms. The number of H-pyrrole nitrogens is 1. The molecule has 2 amide bonds. The van der Waals surface area contributed by atoms with E-state index in [4.69, 9.17) is 4.74 Å². The Hall–Kier alpha value is -3.28. The van der Waals surface area contributed by atoms with Crippen LogP contribution in [0, 0.1) is 5.82 Å². The maximum atomic E-state index is 13.2. The van der Waals surface area contributed by atoms with Crippen LogP contribution in [-0.2, 0) is 30.8 Å². The number of nitrogens with one attached hydrogen (secondary N) is 3. The van der Waals surface area contributed by atoms with E-state index in [1.807, 2.05) is 30.5 Å². The van der Waals surface area contributed by atoms with Crippen LogP contribution in [0.5, 0.6) is 0 Å². The first kappa shape index (κ1) is 23.9. The van der Waals surface area contributed by atoms with Gasteiger partial charge in [0, 0.05) is 30.2 Å². The van der Waals surface area contributed by atoms with Crippen LogP contribution >= 0.6 is 0 Å². The molecule has 1 saturated heterocycles. The molecule has 0 unspecified atom stereocenters. The number of halogens is 1. The summed E-state index contributed by atoms with van der Waals surface area (Å²) in [5.41, 5.74) is 2.02. The van der Waals surface area contributed by atoms with E-state index in [2.05, 4.69) is 15.6 Å². The van der Waals surface area contributed by atoms with Crippen LogP contribution in [0.1, 0.15) is 12.0 Å². The van der Waals surface area contributed by atoms with Gasteiger partial charge in [-0.05, 0) is 48.7 Å². The summed E-state index contributed by atoms with van der Waals surface area (Å²) in [7, 11) is -3.97. The Kier molecular flexibility index (Phi) is 7.25. The van der Waals surface area contributed by atoms with Gasteiger partial charge in [0.1, 0.15) is 12.0 Å². The number of ether oxygens (including phenoxy) is 1. The fourth-order valence-corrected chi connectivity index (χ4v) is 5.40. The summed E-state index contributed by atoms with van der Waals surface area (Å²) in [6.07, 6.45) is 1.90. The van der Waals surface area contributed by atoms with Crippen molar-refractivity contribution in [1.82, 2.24) is 19.9 Å². The molecule has 9 nitrogen and oxygen atoms in total. The minimum Gasteiger partial charge on any atom is -0.361 e. The minimum absolute atomic E-state index is 0.0780. The predicted molar refractivity (Wildman–Crippen MR) is 123 cm³/mol. The van der Waals surface area contributed by atoms with Crippen LogP contribution < -0.4 is 10.6 Å². The molecule has 1 fully saturated rings. The van der Waals surface area contributed by atoms with E-state index in [9.17, 15) is 22.4 Å². The van der Waals surface area contributed by atoms with Crippen LogP contribution in [0.4, 0.5) is 4.39 Å². The first-order chi connectivity index (χ1) is 16.4. The highest BCUT2D eigenvalue weighted by atomic mass is 32.2. The van der Waals surface area contributed by atoms with Gasteiger partial charge in [0.05, 0.1) is 18.0 Å². The summed E-state index contributed by atoms with van der Waals surface area (Å²) >= 11 is 0. The van der Waals surface area contributed by atoms with Gasteiger partial charge < -0.3 is 20.4 Å². The van der Waals surface area contributed by atoms with Gasteiger partial charge in [0.2, 0.25) is 10.0 Å². The van der Waals surface area contributed by atoms with E-state index < -0.39 is 33.9 Å². The van der Waals surface area contributed by atoms with Gasteiger partial charge in [-0.3, -0.25) is 9.59 Å². The summed E-state index contributed by atoms with van der Waals surface area (Å²) in [4.78, 5) is 27.5. The van der Waals surface area contributed by atoms with Gasteiger partial charge in [0.15, 0.2) is 0 Å². The zero-order valence-corrected chi connectivity index (χ0v) is 19.1. The number of aromatic nitrogens is 1. The van der Waals surface area contributed by atoms with Crippen molar-refractivity contribution in [2.45, 2.75) is 24.0 Å². The van der Waals surface area contributed by atoms with Crippen LogP contribution in [0.2, 0.25) is 0 Å². The lowest BCUT2D eigenvalue weighted by Gasteiger charge is -2.34. The first-order valence-electron chi connectivity index (χ1n) is 10.9. The second-order valence-electron chi connectivity index (χ2n) is 7.82. The summed E-state index contributed by atoms with van der Waals surface area (Å²) in [6.45, 7) is 0.554. The normalized spacial score (nSPS) is 16.9. The Labute approximate surface area is 196 Å². The van der Waals surface area contributed by atoms with Gasteiger partial charge in [-0.2, -0.15) is 4.31 Å². The molecule has 3 N–H and O–H groups in total. The van der Waals surface area contributed by atoms with Gasteiger partial charge in [-0.25, -0.2) is 12.8 Å². The van der Waals surface area contributed by atoms with Crippen molar-refractivity contribution < 1.29 is 27.1 Å². The molecule has 0 radical (unpaired) electrons. The third-order valence-electron chi connectivity index (χ3n) is 5.57. The molecule has 0 bridgehead atoms. The summed E-state index contributed by atoms with van der Waals surface area (Å²) in [5, 5.41) is 6.07. The van der Waals surface area contributed by atoms with Crippen molar-refractivity contribution >= 4 is 32.7 Å². The molecule has 4 rings (SSSR count). The summed E-state index contributed by atoms with van der Waals surface area (Å²) < 4.78 is 45.8. The molecule has 2 aromatic carbocycles. The number of carbonyl (C=O) groups is 2. The molecule has 180 valence electrons. The van der Waals surface area contributed by atoms with Crippen LogP contribution in [0.25, 0.3) is 10.9 Å². The highest BCUT2D eigenvalue weighted by Gasteiger charge is 2.35. The Morgan fingerprint density at radius 1 is 1.09 bits per heavy atom. The standard InChI is InChI=1S/C23H25FN4O5S/c24-17-6-8-18(9-7-17)34(31,32)28-12-3-13-33-21(28)15-27-23(30)22(29)25-11-10-16-14-26-20-5-2-1-4-19(16)20/h1-2,4-9,14,21,26H,3,10-13,15H2,(H,25,29)(H,27,30)/t21-/m0/s1. The zero-order chi connectivity index (χ0) is 24.1. The van der Waals surface area contributed by atoms with Gasteiger partial charge in [0.25, 0.3) is 0 Å². The number of fused-ring (bicyclic) bond motifs is 1. The zero-order valence-electron chi connectivity index (χ0n) is 18.3. The minimum atomic E-state index is -3.97. The van der Waals surface area contributed by atoms with Crippen molar-refractivity contribution in [3.8, 4) is 0 Å². The molecule has 2 heterocycles. The molecule has 3 aromatic rings. The van der Waals surface area contributed by atoms with Crippen molar-refractivity contribution in [3.05, 3.63) is 66.1 Å². The number of hydrogen-bond donors (Lipinski definition) is 3. The molecule has 1 aromatic heterocycles. The molecule has 0 aliphatic carbocycles. The van der Waals surface area contributed by atoms with Crippen LogP contribution in [0.3, 0.4) is 0 Å². The predicted octanol–water partition coefficient (Wildman–Crippen LogP) is 1.52. The fourth-order valence-electron chi connectivity index (χ4n) is 3.83. The third-order valence-corrected chi connectivity index (χ3v) is 7.48. The van der Waals surface area contributed by atoms with Gasteiger partial charge in [-0.15, -0.1) is 0 Å². The monoisotopic (exact) mass is 488 g/mol. The Bertz CT molecular complexity index is 1280. The average molecular weight is 489 g/mol. The Balaban J connectivity index is 1.30. The summed E-state index contributed by atoms with van der Waals surface area (Å²) in [6, 6.07) is 12.3. The molecule has 0 saturated carbocycles. The molecule has 1 aliphatic heterocycles. The van der Waals surface area contributed by atoms with E-state index >= 15 is 0 Å². The Morgan fingerprint density at radius 3 is 2.62 bits per heavy atom. The fraction of sp³-hybridized carbons (Fsp3) is 0.304. The number of rotatable bonds is 7. The van der Waals surface area contributed by atoms with E-state index in [1.165, 1.54) is 12.1 Å². The number of aromatic amines is 1. The molecule has 1 atom stereocenters. The second-order valence-corrected chi connectivity index (χ2v) is 9.71. The number of amides is 2. The smallest absolute Gasteiger partial charge is 0.309 e. The number of sulfonamides is 1. The second kappa shape index (κ2) is 10.3. The summed E-state index contributed by atoms with van der Waals surface area (Å²) in [5.74, 6) is -2.25. The van der Waals surface area contributed by atoms with Gasteiger partial charge >= 0.3 is 11.8 Å². The van der Waals surface area contributed by atoms with Crippen LogP contribution in [-0.4, -0.2) is 62.0 Å².